The topological polar surface area (TPSA) is 86.5 Å². The van der Waals surface area contributed by atoms with Gasteiger partial charge in [-0.1, -0.05) is 36.8 Å². The van der Waals surface area contributed by atoms with E-state index in [2.05, 4.69) is 4.98 Å². The van der Waals surface area contributed by atoms with Crippen molar-refractivity contribution in [2.45, 2.75) is 45.8 Å². The monoisotopic (exact) mass is 455 g/mol. The summed E-state index contributed by atoms with van der Waals surface area (Å²) in [6.07, 6.45) is 1.59. The lowest BCUT2D eigenvalue weighted by atomic mass is 10.1. The number of rotatable bonds is 11. The molecule has 0 unspecified atom stereocenters. The van der Waals surface area contributed by atoms with E-state index >= 15 is 0 Å². The van der Waals surface area contributed by atoms with Gasteiger partial charge in [0.05, 0.1) is 18.1 Å². The Balaban J connectivity index is 1.55. The quantitative estimate of drug-likeness (QED) is 0.410. The molecule has 2 aromatic carbocycles. The SMILES string of the molecule is CCCOc1ccc(CCC(=O)CS(=O)(=O)Cc2nc(-c3ccc(C)cc3)oc2C)cc1. The van der Waals surface area contributed by atoms with E-state index in [1.54, 1.807) is 6.92 Å². The second kappa shape index (κ2) is 10.6. The zero-order valence-corrected chi connectivity index (χ0v) is 19.6. The van der Waals surface area contributed by atoms with Gasteiger partial charge in [0, 0.05) is 12.0 Å². The van der Waals surface area contributed by atoms with Gasteiger partial charge < -0.3 is 9.15 Å². The Morgan fingerprint density at radius 1 is 1.03 bits per heavy atom. The van der Waals surface area contributed by atoms with Gasteiger partial charge in [0.2, 0.25) is 5.89 Å². The van der Waals surface area contributed by atoms with Gasteiger partial charge in [0.1, 0.15) is 23.0 Å². The van der Waals surface area contributed by atoms with Crippen molar-refractivity contribution >= 4 is 15.6 Å². The number of carbonyl (C=O) groups is 1. The molecule has 0 radical (unpaired) electrons. The highest BCUT2D eigenvalue weighted by Gasteiger charge is 2.22. The zero-order chi connectivity index (χ0) is 23.1. The van der Waals surface area contributed by atoms with Crippen molar-refractivity contribution in [3.63, 3.8) is 0 Å². The van der Waals surface area contributed by atoms with Crippen molar-refractivity contribution in [3.05, 3.63) is 71.1 Å². The van der Waals surface area contributed by atoms with E-state index in [1.807, 2.05) is 62.4 Å². The average Bonchev–Trinajstić information content (AvgIpc) is 3.11. The summed E-state index contributed by atoms with van der Waals surface area (Å²) in [5.41, 5.74) is 3.20. The number of oxazole rings is 1. The molecule has 0 aliphatic rings. The Bertz CT molecular complexity index is 1150. The molecule has 0 aliphatic carbocycles. The number of Topliss-reactive ketones (excluding diaryl/α,β-unsaturated/α-hetero) is 1. The van der Waals surface area contributed by atoms with E-state index in [4.69, 9.17) is 9.15 Å². The first-order valence-electron chi connectivity index (χ1n) is 10.7. The fourth-order valence-electron chi connectivity index (χ4n) is 3.21. The lowest BCUT2D eigenvalue weighted by molar-refractivity contribution is -0.116. The van der Waals surface area contributed by atoms with E-state index in [0.717, 1.165) is 28.9 Å². The van der Waals surface area contributed by atoms with E-state index in [1.165, 1.54) is 0 Å². The molecule has 170 valence electrons. The van der Waals surface area contributed by atoms with Crippen LogP contribution in [0.15, 0.2) is 52.9 Å². The lowest BCUT2D eigenvalue weighted by Gasteiger charge is -2.06. The molecule has 0 fully saturated rings. The first kappa shape index (κ1) is 23.7. The van der Waals surface area contributed by atoms with E-state index < -0.39 is 15.6 Å². The van der Waals surface area contributed by atoms with Crippen LogP contribution >= 0.6 is 0 Å². The minimum atomic E-state index is -3.65. The summed E-state index contributed by atoms with van der Waals surface area (Å²) < 4.78 is 36.4. The number of benzene rings is 2. The van der Waals surface area contributed by atoms with E-state index in [9.17, 15) is 13.2 Å². The summed E-state index contributed by atoms with van der Waals surface area (Å²) in [5, 5.41) is 0. The molecule has 0 bridgehead atoms. The maximum absolute atomic E-state index is 12.6. The predicted molar refractivity (Wildman–Crippen MR) is 124 cm³/mol. The first-order valence-corrected chi connectivity index (χ1v) is 12.5. The summed E-state index contributed by atoms with van der Waals surface area (Å²) in [6.45, 7) is 6.37. The van der Waals surface area contributed by atoms with Crippen LogP contribution in [0.1, 0.15) is 42.3 Å². The van der Waals surface area contributed by atoms with Crippen LogP contribution in [0.4, 0.5) is 0 Å². The van der Waals surface area contributed by atoms with Crippen molar-refractivity contribution in [2.24, 2.45) is 0 Å². The van der Waals surface area contributed by atoms with Gasteiger partial charge in [0.15, 0.2) is 9.84 Å². The summed E-state index contributed by atoms with van der Waals surface area (Å²) in [4.78, 5) is 16.7. The highest BCUT2D eigenvalue weighted by atomic mass is 32.2. The minimum Gasteiger partial charge on any atom is -0.494 e. The Labute approximate surface area is 189 Å². The van der Waals surface area contributed by atoms with Gasteiger partial charge in [-0.25, -0.2) is 13.4 Å². The van der Waals surface area contributed by atoms with Crippen LogP contribution in [0.5, 0.6) is 5.75 Å². The standard InChI is InChI=1S/C25H29NO5S/c1-4-15-30-23-13-8-20(9-14-23)7-12-22(27)16-32(28,29)17-24-19(3)31-25(26-24)21-10-5-18(2)6-11-21/h5-6,8-11,13-14H,4,7,12,15-17H2,1-3H3. The number of hydrogen-bond acceptors (Lipinski definition) is 6. The van der Waals surface area contributed by atoms with E-state index in [0.29, 0.717) is 30.4 Å². The molecule has 0 atom stereocenters. The number of aromatic nitrogens is 1. The third kappa shape index (κ3) is 6.79. The lowest BCUT2D eigenvalue weighted by Crippen LogP contribution is -2.18. The number of carbonyl (C=O) groups excluding carboxylic acids is 1. The summed E-state index contributed by atoms with van der Waals surface area (Å²) >= 11 is 0. The third-order valence-corrected chi connectivity index (χ3v) is 6.49. The van der Waals surface area contributed by atoms with Gasteiger partial charge in [-0.15, -0.1) is 0 Å². The molecule has 0 aliphatic heterocycles. The van der Waals surface area contributed by atoms with Gasteiger partial charge in [0.25, 0.3) is 0 Å². The second-order valence-electron chi connectivity index (χ2n) is 7.95. The molecule has 1 heterocycles. The maximum Gasteiger partial charge on any atom is 0.226 e. The van der Waals surface area contributed by atoms with Crippen molar-refractivity contribution in [2.75, 3.05) is 12.4 Å². The highest BCUT2D eigenvalue weighted by Crippen LogP contribution is 2.23. The summed E-state index contributed by atoms with van der Waals surface area (Å²) in [6, 6.07) is 15.2. The van der Waals surface area contributed by atoms with Crippen LogP contribution < -0.4 is 4.74 Å². The fourth-order valence-corrected chi connectivity index (χ4v) is 4.64. The molecular weight excluding hydrogens is 426 g/mol. The average molecular weight is 456 g/mol. The van der Waals surface area contributed by atoms with Crippen LogP contribution in [0.2, 0.25) is 0 Å². The molecule has 3 aromatic rings. The van der Waals surface area contributed by atoms with E-state index in [-0.39, 0.29) is 18.0 Å². The molecule has 32 heavy (non-hydrogen) atoms. The molecule has 3 rings (SSSR count). The first-order chi connectivity index (χ1) is 15.3. The normalized spacial score (nSPS) is 11.5. The predicted octanol–water partition coefficient (Wildman–Crippen LogP) is 4.86. The third-order valence-electron chi connectivity index (χ3n) is 5.02. The molecule has 1 aromatic heterocycles. The smallest absolute Gasteiger partial charge is 0.226 e. The molecular formula is C25H29NO5S. The molecule has 0 spiro atoms. The van der Waals surface area contributed by atoms with Gasteiger partial charge in [-0.2, -0.15) is 0 Å². The number of aryl methyl sites for hydroxylation is 3. The highest BCUT2D eigenvalue weighted by molar-refractivity contribution is 7.91. The van der Waals surface area contributed by atoms with Crippen molar-refractivity contribution in [1.29, 1.82) is 0 Å². The van der Waals surface area contributed by atoms with Crippen LogP contribution in [-0.4, -0.2) is 31.5 Å². The fraction of sp³-hybridized carbons (Fsp3) is 0.360. The number of sulfone groups is 1. The van der Waals surface area contributed by atoms with Crippen molar-refractivity contribution in [3.8, 4) is 17.2 Å². The minimum absolute atomic E-state index is 0.167. The molecule has 0 saturated carbocycles. The van der Waals surface area contributed by atoms with Crippen LogP contribution in [0.25, 0.3) is 11.5 Å². The van der Waals surface area contributed by atoms with Gasteiger partial charge >= 0.3 is 0 Å². The van der Waals surface area contributed by atoms with Gasteiger partial charge in [-0.3, -0.25) is 4.79 Å². The zero-order valence-electron chi connectivity index (χ0n) is 18.8. The second-order valence-corrected chi connectivity index (χ2v) is 10.0. The molecule has 0 saturated heterocycles. The molecule has 7 heteroatoms. The Kier molecular flexibility index (Phi) is 7.85. The van der Waals surface area contributed by atoms with Crippen molar-refractivity contribution in [1.82, 2.24) is 4.98 Å². The molecule has 0 amide bonds. The summed E-state index contributed by atoms with van der Waals surface area (Å²) in [5.74, 6) is 0.487. The Morgan fingerprint density at radius 3 is 2.38 bits per heavy atom. The van der Waals surface area contributed by atoms with Crippen LogP contribution in [0.3, 0.4) is 0 Å². The Morgan fingerprint density at radius 2 is 1.72 bits per heavy atom. The largest absolute Gasteiger partial charge is 0.494 e. The number of ether oxygens (including phenoxy) is 1. The van der Waals surface area contributed by atoms with Crippen LogP contribution in [-0.2, 0) is 26.8 Å². The Hall–Kier alpha value is -2.93. The van der Waals surface area contributed by atoms with Crippen molar-refractivity contribution < 1.29 is 22.4 Å². The maximum atomic E-state index is 12.6. The summed E-state index contributed by atoms with van der Waals surface area (Å²) in [7, 11) is -3.65. The number of ketones is 1. The number of hydrogen-bond donors (Lipinski definition) is 0. The molecule has 0 N–H and O–H groups in total. The number of nitrogens with zero attached hydrogens (tertiary/aromatic N) is 1. The van der Waals surface area contributed by atoms with Gasteiger partial charge in [-0.05, 0) is 56.5 Å². The van der Waals surface area contributed by atoms with Crippen LogP contribution in [0, 0.1) is 13.8 Å². The molecule has 6 nitrogen and oxygen atoms in total.